The van der Waals surface area contributed by atoms with Crippen LogP contribution >= 0.6 is 47.8 Å². The van der Waals surface area contributed by atoms with E-state index in [4.69, 9.17) is 4.74 Å². The molecular formula is C13H18Br3NO2. The minimum absolute atomic E-state index is 0.254. The zero-order valence-electron chi connectivity index (χ0n) is 10.9. The molecular weight excluding hydrogens is 442 g/mol. The third-order valence-electron chi connectivity index (χ3n) is 2.32. The van der Waals surface area contributed by atoms with E-state index in [1.165, 1.54) is 0 Å². The number of hydrogen-bond donors (Lipinski definition) is 2. The van der Waals surface area contributed by atoms with Gasteiger partial charge in [0.1, 0.15) is 18.5 Å². The van der Waals surface area contributed by atoms with Crippen LogP contribution in [0.4, 0.5) is 0 Å². The average Bonchev–Trinajstić information content (AvgIpc) is 2.26. The van der Waals surface area contributed by atoms with Crippen LogP contribution in [0, 0.1) is 5.92 Å². The molecule has 0 saturated carbocycles. The SMILES string of the molecule is CC(C)CNCC(O)COc1c(Br)cc(Br)cc1Br. The van der Waals surface area contributed by atoms with Gasteiger partial charge < -0.3 is 15.2 Å². The van der Waals surface area contributed by atoms with E-state index in [9.17, 15) is 5.11 Å². The Bertz CT molecular complexity index is 390. The normalized spacial score (nSPS) is 12.8. The Hall–Kier alpha value is 0.380. The minimum Gasteiger partial charge on any atom is -0.488 e. The standard InChI is InChI=1S/C13H18Br3NO2/c1-8(2)5-17-6-10(18)7-19-13-11(15)3-9(14)4-12(13)16/h3-4,8,10,17-18H,5-7H2,1-2H3. The molecule has 19 heavy (non-hydrogen) atoms. The lowest BCUT2D eigenvalue weighted by molar-refractivity contribution is 0.105. The number of halogens is 3. The van der Waals surface area contributed by atoms with Gasteiger partial charge in [0.2, 0.25) is 0 Å². The average molecular weight is 460 g/mol. The van der Waals surface area contributed by atoms with Crippen molar-refractivity contribution in [1.82, 2.24) is 5.32 Å². The van der Waals surface area contributed by atoms with E-state index in [0.29, 0.717) is 18.2 Å². The number of benzene rings is 1. The maximum atomic E-state index is 9.83. The van der Waals surface area contributed by atoms with Crippen molar-refractivity contribution in [3.63, 3.8) is 0 Å². The summed E-state index contributed by atoms with van der Waals surface area (Å²) in [5.74, 6) is 1.27. The van der Waals surface area contributed by atoms with E-state index in [1.54, 1.807) is 0 Å². The zero-order chi connectivity index (χ0) is 14.4. The highest BCUT2D eigenvalue weighted by atomic mass is 79.9. The van der Waals surface area contributed by atoms with Crippen LogP contribution < -0.4 is 10.1 Å². The summed E-state index contributed by atoms with van der Waals surface area (Å²) in [4.78, 5) is 0. The van der Waals surface area contributed by atoms with Gasteiger partial charge in [0.05, 0.1) is 8.95 Å². The van der Waals surface area contributed by atoms with Crippen LogP contribution in [0.5, 0.6) is 5.75 Å². The van der Waals surface area contributed by atoms with Gasteiger partial charge in [-0.3, -0.25) is 0 Å². The Kier molecular flexibility index (Phi) is 7.91. The summed E-state index contributed by atoms with van der Waals surface area (Å²) in [6.45, 7) is 5.94. The van der Waals surface area contributed by atoms with Crippen LogP contribution in [0.15, 0.2) is 25.6 Å². The van der Waals surface area contributed by atoms with Gasteiger partial charge in [-0.25, -0.2) is 0 Å². The summed E-state index contributed by atoms with van der Waals surface area (Å²) >= 11 is 10.3. The van der Waals surface area contributed by atoms with Gasteiger partial charge in [-0.2, -0.15) is 0 Å². The highest BCUT2D eigenvalue weighted by molar-refractivity contribution is 9.11. The number of aliphatic hydroxyl groups excluding tert-OH is 1. The molecule has 1 aromatic rings. The van der Waals surface area contributed by atoms with Crippen molar-refractivity contribution in [2.75, 3.05) is 19.7 Å². The monoisotopic (exact) mass is 457 g/mol. The molecule has 1 rings (SSSR count). The topological polar surface area (TPSA) is 41.5 Å². The second kappa shape index (κ2) is 8.62. The number of aliphatic hydroxyl groups is 1. The fourth-order valence-corrected chi connectivity index (χ4v) is 3.93. The van der Waals surface area contributed by atoms with E-state index in [0.717, 1.165) is 20.0 Å². The summed E-state index contributed by atoms with van der Waals surface area (Å²) in [6, 6.07) is 3.81. The van der Waals surface area contributed by atoms with Crippen LogP contribution in [0.25, 0.3) is 0 Å². The van der Waals surface area contributed by atoms with Crippen molar-refractivity contribution >= 4 is 47.8 Å². The number of nitrogens with one attached hydrogen (secondary N) is 1. The first kappa shape index (κ1) is 17.4. The van der Waals surface area contributed by atoms with Crippen LogP contribution in [0.3, 0.4) is 0 Å². The third kappa shape index (κ3) is 6.58. The molecule has 1 atom stereocenters. The van der Waals surface area contributed by atoms with E-state index in [1.807, 2.05) is 12.1 Å². The van der Waals surface area contributed by atoms with Crippen LogP contribution in [-0.4, -0.2) is 30.9 Å². The molecule has 0 aromatic heterocycles. The summed E-state index contributed by atoms with van der Waals surface area (Å²) < 4.78 is 8.28. The third-order valence-corrected chi connectivity index (χ3v) is 3.95. The lowest BCUT2D eigenvalue weighted by Crippen LogP contribution is -2.33. The molecule has 3 nitrogen and oxygen atoms in total. The number of hydrogen-bond acceptors (Lipinski definition) is 3. The molecule has 1 aromatic carbocycles. The Labute approximate surface area is 139 Å². The Morgan fingerprint density at radius 2 is 1.74 bits per heavy atom. The summed E-state index contributed by atoms with van der Waals surface area (Å²) in [6.07, 6.45) is -0.527. The quantitative estimate of drug-likeness (QED) is 0.648. The molecule has 0 heterocycles. The van der Waals surface area contributed by atoms with Crippen molar-refractivity contribution in [2.45, 2.75) is 20.0 Å². The minimum atomic E-state index is -0.527. The first-order valence-electron chi connectivity index (χ1n) is 6.06. The number of ether oxygens (including phenoxy) is 1. The van der Waals surface area contributed by atoms with Crippen LogP contribution in [-0.2, 0) is 0 Å². The lowest BCUT2D eigenvalue weighted by Gasteiger charge is -2.16. The van der Waals surface area contributed by atoms with Gasteiger partial charge in [-0.1, -0.05) is 29.8 Å². The van der Waals surface area contributed by atoms with Gasteiger partial charge >= 0.3 is 0 Å². The van der Waals surface area contributed by atoms with Crippen molar-refractivity contribution in [3.05, 3.63) is 25.6 Å². The fraction of sp³-hybridized carbons (Fsp3) is 0.538. The highest BCUT2D eigenvalue weighted by Gasteiger charge is 2.11. The van der Waals surface area contributed by atoms with E-state index < -0.39 is 6.10 Å². The molecule has 108 valence electrons. The molecule has 0 saturated heterocycles. The molecule has 6 heteroatoms. The second-order valence-electron chi connectivity index (χ2n) is 4.72. The van der Waals surface area contributed by atoms with Gasteiger partial charge in [-0.15, -0.1) is 0 Å². The molecule has 0 aliphatic rings. The molecule has 0 spiro atoms. The molecule has 0 bridgehead atoms. The van der Waals surface area contributed by atoms with Gasteiger partial charge in [-0.05, 0) is 56.5 Å². The highest BCUT2D eigenvalue weighted by Crippen LogP contribution is 2.36. The maximum absolute atomic E-state index is 9.83. The molecule has 0 fully saturated rings. The van der Waals surface area contributed by atoms with Gasteiger partial charge in [0, 0.05) is 11.0 Å². The smallest absolute Gasteiger partial charge is 0.147 e. The van der Waals surface area contributed by atoms with Crippen molar-refractivity contribution in [1.29, 1.82) is 0 Å². The first-order valence-corrected chi connectivity index (χ1v) is 8.44. The predicted molar refractivity (Wildman–Crippen MR) is 88.8 cm³/mol. The maximum Gasteiger partial charge on any atom is 0.147 e. The largest absolute Gasteiger partial charge is 0.488 e. The van der Waals surface area contributed by atoms with Gasteiger partial charge in [0.25, 0.3) is 0 Å². The molecule has 0 radical (unpaired) electrons. The summed E-state index contributed by atoms with van der Waals surface area (Å²) in [5.41, 5.74) is 0. The lowest BCUT2D eigenvalue weighted by atomic mass is 10.2. The van der Waals surface area contributed by atoms with Crippen molar-refractivity contribution in [2.24, 2.45) is 5.92 Å². The molecule has 0 amide bonds. The zero-order valence-corrected chi connectivity index (χ0v) is 15.7. The Morgan fingerprint density at radius 1 is 1.16 bits per heavy atom. The van der Waals surface area contributed by atoms with Crippen LogP contribution in [0.2, 0.25) is 0 Å². The summed E-state index contributed by atoms with van der Waals surface area (Å²) in [5, 5.41) is 13.0. The molecule has 0 aliphatic heterocycles. The molecule has 1 unspecified atom stereocenters. The molecule has 2 N–H and O–H groups in total. The van der Waals surface area contributed by atoms with E-state index in [2.05, 4.69) is 67.0 Å². The van der Waals surface area contributed by atoms with Crippen LogP contribution in [0.1, 0.15) is 13.8 Å². The van der Waals surface area contributed by atoms with Gasteiger partial charge in [0.15, 0.2) is 0 Å². The first-order chi connectivity index (χ1) is 8.90. The van der Waals surface area contributed by atoms with E-state index >= 15 is 0 Å². The van der Waals surface area contributed by atoms with Crippen molar-refractivity contribution < 1.29 is 9.84 Å². The molecule has 0 aliphatic carbocycles. The van der Waals surface area contributed by atoms with Crippen molar-refractivity contribution in [3.8, 4) is 5.75 Å². The number of rotatable bonds is 7. The summed E-state index contributed by atoms with van der Waals surface area (Å²) in [7, 11) is 0. The Balaban J connectivity index is 2.44. The fourth-order valence-electron chi connectivity index (χ4n) is 1.44. The predicted octanol–water partition coefficient (Wildman–Crippen LogP) is 3.96. The van der Waals surface area contributed by atoms with E-state index in [-0.39, 0.29) is 6.61 Å². The Morgan fingerprint density at radius 3 is 2.26 bits per heavy atom. The second-order valence-corrected chi connectivity index (χ2v) is 7.34.